The van der Waals surface area contributed by atoms with Crippen LogP contribution in [0.3, 0.4) is 0 Å². The number of hydrogen-bond acceptors (Lipinski definition) is 2. The van der Waals surface area contributed by atoms with Crippen molar-refractivity contribution in [3.05, 3.63) is 59.7 Å². The van der Waals surface area contributed by atoms with Crippen LogP contribution in [0, 0.1) is 5.82 Å². The monoisotopic (exact) mass is 357 g/mol. The Labute approximate surface area is 152 Å². The fourth-order valence-electron chi connectivity index (χ4n) is 3.44. The lowest BCUT2D eigenvalue weighted by molar-refractivity contribution is -0.136. The highest BCUT2D eigenvalue weighted by atomic mass is 19.1. The molecule has 0 spiro atoms. The van der Waals surface area contributed by atoms with Crippen LogP contribution in [0.25, 0.3) is 0 Å². The van der Waals surface area contributed by atoms with Crippen LogP contribution in [0.4, 0.5) is 4.39 Å². The maximum Gasteiger partial charge on any atom is 0.223 e. The molecule has 2 amide bonds. The Morgan fingerprint density at radius 3 is 2.73 bits per heavy atom. The average Bonchev–Trinajstić information content (AvgIpc) is 3.06. The van der Waals surface area contributed by atoms with Crippen LogP contribution in [-0.2, 0) is 16.1 Å². The number of nitrogens with one attached hydrogen (secondary N) is 1. The minimum absolute atomic E-state index is 0.0518. The summed E-state index contributed by atoms with van der Waals surface area (Å²) in [5, 5.41) is 2.80. The van der Waals surface area contributed by atoms with Crippen molar-refractivity contribution >= 4 is 11.8 Å². The largest absolute Gasteiger partial charge is 0.354 e. The van der Waals surface area contributed by atoms with Crippen LogP contribution in [-0.4, -0.2) is 33.9 Å². The molecule has 1 aromatic heterocycles. The number of rotatable bonds is 5. The number of fused-ring (bicyclic) bond motifs is 1. The molecule has 1 N–H and O–H groups in total. The van der Waals surface area contributed by atoms with Gasteiger partial charge in [-0.3, -0.25) is 9.59 Å². The van der Waals surface area contributed by atoms with Gasteiger partial charge in [0.2, 0.25) is 11.8 Å². The number of carbonyl (C=O) groups excluding carboxylic acids is 2. The Bertz CT molecular complexity index is 800. The standard InChI is InChI=1S/C20H24FN3O2/c1-14(2)22-18(25)8-9-19(26)24-12-11-23-10-4-7-17(23)20(24)15-5-3-6-16(21)13-15/h3-7,10,13-14,20H,8-9,11-12H2,1-2H3,(H,22,25). The maximum atomic E-state index is 13.8. The molecule has 2 aromatic rings. The second kappa shape index (κ2) is 7.72. The van der Waals surface area contributed by atoms with E-state index in [4.69, 9.17) is 0 Å². The lowest BCUT2D eigenvalue weighted by Crippen LogP contribution is -2.42. The van der Waals surface area contributed by atoms with E-state index in [9.17, 15) is 14.0 Å². The van der Waals surface area contributed by atoms with Gasteiger partial charge in [0, 0.05) is 43.9 Å². The van der Waals surface area contributed by atoms with E-state index in [1.54, 1.807) is 11.0 Å². The zero-order valence-electron chi connectivity index (χ0n) is 15.1. The van der Waals surface area contributed by atoms with Crippen LogP contribution < -0.4 is 5.32 Å². The molecule has 5 nitrogen and oxygen atoms in total. The van der Waals surface area contributed by atoms with E-state index >= 15 is 0 Å². The Balaban J connectivity index is 1.81. The van der Waals surface area contributed by atoms with Crippen LogP contribution in [0.2, 0.25) is 0 Å². The maximum absolute atomic E-state index is 13.8. The van der Waals surface area contributed by atoms with Crippen LogP contribution in [0.5, 0.6) is 0 Å². The molecule has 1 aliphatic rings. The molecule has 3 rings (SSSR count). The van der Waals surface area contributed by atoms with Crippen LogP contribution in [0.1, 0.15) is 44.0 Å². The SMILES string of the molecule is CC(C)NC(=O)CCC(=O)N1CCn2cccc2C1c1cccc(F)c1. The van der Waals surface area contributed by atoms with Crippen molar-refractivity contribution in [1.29, 1.82) is 0 Å². The molecular formula is C20H24FN3O2. The van der Waals surface area contributed by atoms with E-state index in [0.717, 1.165) is 11.3 Å². The fraction of sp³-hybridized carbons (Fsp3) is 0.400. The number of nitrogens with zero attached hydrogens (tertiary/aromatic N) is 2. The predicted octanol–water partition coefficient (Wildman–Crippen LogP) is 2.86. The van der Waals surface area contributed by atoms with E-state index < -0.39 is 0 Å². The van der Waals surface area contributed by atoms with Gasteiger partial charge in [0.1, 0.15) is 5.82 Å². The molecule has 6 heteroatoms. The molecule has 138 valence electrons. The van der Waals surface area contributed by atoms with Gasteiger partial charge in [0.05, 0.1) is 6.04 Å². The quantitative estimate of drug-likeness (QED) is 0.895. The minimum atomic E-state index is -0.338. The number of benzene rings is 1. The first-order valence-electron chi connectivity index (χ1n) is 8.95. The summed E-state index contributed by atoms with van der Waals surface area (Å²) in [6, 6.07) is 9.97. The fourth-order valence-corrected chi connectivity index (χ4v) is 3.44. The molecule has 1 aromatic carbocycles. The van der Waals surface area contributed by atoms with Gasteiger partial charge in [0.15, 0.2) is 0 Å². The number of aromatic nitrogens is 1. The molecule has 0 fully saturated rings. The molecule has 2 heterocycles. The van der Waals surface area contributed by atoms with Crippen molar-refractivity contribution in [2.75, 3.05) is 6.54 Å². The normalized spacial score (nSPS) is 16.5. The van der Waals surface area contributed by atoms with Gasteiger partial charge in [-0.15, -0.1) is 0 Å². The van der Waals surface area contributed by atoms with Gasteiger partial charge in [-0.25, -0.2) is 4.39 Å². The first-order chi connectivity index (χ1) is 12.5. The molecule has 0 radical (unpaired) electrons. The van der Waals surface area contributed by atoms with Crippen molar-refractivity contribution in [1.82, 2.24) is 14.8 Å². The highest BCUT2D eigenvalue weighted by molar-refractivity contribution is 5.84. The van der Waals surface area contributed by atoms with Crippen molar-refractivity contribution in [2.45, 2.75) is 45.3 Å². The van der Waals surface area contributed by atoms with Gasteiger partial charge < -0.3 is 14.8 Å². The Kier molecular flexibility index (Phi) is 5.40. The van der Waals surface area contributed by atoms with Crippen LogP contribution in [0.15, 0.2) is 42.6 Å². The molecule has 1 aliphatic heterocycles. The second-order valence-electron chi connectivity index (χ2n) is 6.89. The highest BCUT2D eigenvalue weighted by Crippen LogP contribution is 2.33. The third-order valence-corrected chi connectivity index (χ3v) is 4.54. The van der Waals surface area contributed by atoms with Crippen molar-refractivity contribution in [3.63, 3.8) is 0 Å². The van der Waals surface area contributed by atoms with Gasteiger partial charge in [-0.1, -0.05) is 12.1 Å². The lowest BCUT2D eigenvalue weighted by Gasteiger charge is -2.37. The summed E-state index contributed by atoms with van der Waals surface area (Å²) >= 11 is 0. The van der Waals surface area contributed by atoms with Gasteiger partial charge in [-0.2, -0.15) is 0 Å². The molecule has 0 saturated carbocycles. The molecule has 0 aliphatic carbocycles. The topological polar surface area (TPSA) is 54.3 Å². The third-order valence-electron chi connectivity index (χ3n) is 4.54. The zero-order chi connectivity index (χ0) is 18.7. The second-order valence-corrected chi connectivity index (χ2v) is 6.89. The first kappa shape index (κ1) is 18.2. The predicted molar refractivity (Wildman–Crippen MR) is 96.9 cm³/mol. The smallest absolute Gasteiger partial charge is 0.223 e. The summed E-state index contributed by atoms with van der Waals surface area (Å²) in [6.45, 7) is 5.00. The van der Waals surface area contributed by atoms with E-state index in [2.05, 4.69) is 9.88 Å². The van der Waals surface area contributed by atoms with E-state index in [0.29, 0.717) is 13.1 Å². The number of hydrogen-bond donors (Lipinski definition) is 1. The average molecular weight is 357 g/mol. The van der Waals surface area contributed by atoms with Crippen molar-refractivity contribution in [2.24, 2.45) is 0 Å². The molecule has 0 bridgehead atoms. The summed E-state index contributed by atoms with van der Waals surface area (Å²) < 4.78 is 15.9. The Hall–Kier alpha value is -2.63. The minimum Gasteiger partial charge on any atom is -0.354 e. The van der Waals surface area contributed by atoms with E-state index in [-0.39, 0.29) is 42.6 Å². The van der Waals surface area contributed by atoms with Crippen molar-refractivity contribution in [3.8, 4) is 0 Å². The summed E-state index contributed by atoms with van der Waals surface area (Å²) in [7, 11) is 0. The van der Waals surface area contributed by atoms with Gasteiger partial charge in [0.25, 0.3) is 0 Å². The number of halogens is 1. The van der Waals surface area contributed by atoms with Crippen molar-refractivity contribution < 1.29 is 14.0 Å². The number of carbonyl (C=O) groups is 2. The molecular weight excluding hydrogens is 333 g/mol. The summed E-state index contributed by atoms with van der Waals surface area (Å²) in [5.41, 5.74) is 1.70. The van der Waals surface area contributed by atoms with E-state index in [1.807, 2.05) is 38.2 Å². The van der Waals surface area contributed by atoms with E-state index in [1.165, 1.54) is 12.1 Å². The third kappa shape index (κ3) is 3.95. The number of amides is 2. The summed E-state index contributed by atoms with van der Waals surface area (Å²) in [4.78, 5) is 26.4. The molecule has 26 heavy (non-hydrogen) atoms. The summed E-state index contributed by atoms with van der Waals surface area (Å²) in [6.07, 6.45) is 2.27. The van der Waals surface area contributed by atoms with Gasteiger partial charge in [-0.05, 0) is 43.7 Å². The lowest BCUT2D eigenvalue weighted by atomic mass is 9.99. The Morgan fingerprint density at radius 2 is 2.00 bits per heavy atom. The van der Waals surface area contributed by atoms with Gasteiger partial charge >= 0.3 is 0 Å². The highest BCUT2D eigenvalue weighted by Gasteiger charge is 2.32. The first-order valence-corrected chi connectivity index (χ1v) is 8.95. The zero-order valence-corrected chi connectivity index (χ0v) is 15.1. The molecule has 0 saturated heterocycles. The summed E-state index contributed by atoms with van der Waals surface area (Å²) in [5.74, 6) is -0.545. The Morgan fingerprint density at radius 1 is 1.19 bits per heavy atom. The molecule has 1 atom stereocenters. The molecule has 1 unspecified atom stereocenters. The van der Waals surface area contributed by atoms with Crippen LogP contribution >= 0.6 is 0 Å².